The van der Waals surface area contributed by atoms with Crippen molar-refractivity contribution in [1.29, 1.82) is 5.26 Å². The van der Waals surface area contributed by atoms with Crippen LogP contribution in [-0.4, -0.2) is 47.5 Å². The van der Waals surface area contributed by atoms with Gasteiger partial charge in [-0.2, -0.15) is 14.7 Å². The fourth-order valence-electron chi connectivity index (χ4n) is 4.76. The van der Waals surface area contributed by atoms with Gasteiger partial charge in [0.2, 0.25) is 10.0 Å². The van der Waals surface area contributed by atoms with Crippen molar-refractivity contribution in [2.75, 3.05) is 13.1 Å². The zero-order valence-corrected chi connectivity index (χ0v) is 22.6. The third-order valence-electron chi connectivity index (χ3n) is 6.82. The predicted molar refractivity (Wildman–Crippen MR) is 148 cm³/mol. The summed E-state index contributed by atoms with van der Waals surface area (Å²) in [5.74, 6) is -0.407. The lowest BCUT2D eigenvalue weighted by atomic mass is 9.95. The van der Waals surface area contributed by atoms with Crippen LogP contribution in [0.2, 0.25) is 0 Å². The number of sulfonamides is 1. The molecule has 0 aliphatic heterocycles. The van der Waals surface area contributed by atoms with Gasteiger partial charge in [0.25, 0.3) is 5.91 Å². The number of amides is 1. The maximum atomic E-state index is 13.2. The molecule has 0 saturated heterocycles. The lowest BCUT2D eigenvalue weighted by Gasteiger charge is -2.22. The summed E-state index contributed by atoms with van der Waals surface area (Å²) in [5, 5.41) is 17.6. The highest BCUT2D eigenvalue weighted by Crippen LogP contribution is 2.29. The molecular weight excluding hydrogens is 498 g/mol. The number of hydrogen-bond donors (Lipinski definition) is 1. The van der Waals surface area contributed by atoms with Gasteiger partial charge in [0, 0.05) is 36.5 Å². The first-order chi connectivity index (χ1) is 18.4. The minimum absolute atomic E-state index is 0.0173. The van der Waals surface area contributed by atoms with E-state index in [1.54, 1.807) is 49.0 Å². The van der Waals surface area contributed by atoms with E-state index in [1.807, 2.05) is 36.4 Å². The lowest BCUT2D eigenvalue weighted by molar-refractivity contribution is -0.117. The minimum atomic E-state index is -3.68. The molecule has 4 rings (SSSR count). The Morgan fingerprint density at radius 3 is 2.47 bits per heavy atom. The SMILES string of the molecule is CCN(CC)S(=O)(=O)c1cccc(-c2nn(-c3ccccc3)cc2/C=C(/C#N)C(=O)NC2CCCCC2)c1. The number of para-hydroxylation sites is 1. The molecule has 8 nitrogen and oxygen atoms in total. The summed E-state index contributed by atoms with van der Waals surface area (Å²) in [5.41, 5.74) is 2.37. The van der Waals surface area contributed by atoms with Gasteiger partial charge in [-0.25, -0.2) is 13.1 Å². The van der Waals surface area contributed by atoms with Crippen molar-refractivity contribution >= 4 is 22.0 Å². The highest BCUT2D eigenvalue weighted by Gasteiger charge is 2.23. The van der Waals surface area contributed by atoms with Crippen LogP contribution in [0.4, 0.5) is 0 Å². The van der Waals surface area contributed by atoms with Crippen molar-refractivity contribution in [2.45, 2.75) is 56.9 Å². The van der Waals surface area contributed by atoms with Crippen molar-refractivity contribution in [2.24, 2.45) is 0 Å². The van der Waals surface area contributed by atoms with Crippen LogP contribution >= 0.6 is 0 Å². The van der Waals surface area contributed by atoms with Crippen molar-refractivity contribution in [3.8, 4) is 23.0 Å². The molecule has 0 spiro atoms. The first-order valence-corrected chi connectivity index (χ1v) is 14.5. The molecule has 1 fully saturated rings. The zero-order chi connectivity index (χ0) is 27.1. The summed E-state index contributed by atoms with van der Waals surface area (Å²) in [7, 11) is -3.68. The van der Waals surface area contributed by atoms with Crippen LogP contribution in [0.1, 0.15) is 51.5 Å². The molecule has 1 aromatic heterocycles. The molecule has 3 aromatic rings. The smallest absolute Gasteiger partial charge is 0.262 e. The number of hydrogen-bond acceptors (Lipinski definition) is 5. The van der Waals surface area contributed by atoms with E-state index in [0.717, 1.165) is 31.4 Å². The number of nitrogens with one attached hydrogen (secondary N) is 1. The summed E-state index contributed by atoms with van der Waals surface area (Å²) >= 11 is 0. The molecule has 1 amide bonds. The van der Waals surface area contributed by atoms with Crippen LogP contribution < -0.4 is 5.32 Å². The van der Waals surface area contributed by atoms with E-state index in [9.17, 15) is 18.5 Å². The highest BCUT2D eigenvalue weighted by atomic mass is 32.2. The van der Waals surface area contributed by atoms with Gasteiger partial charge < -0.3 is 5.32 Å². The molecule has 38 heavy (non-hydrogen) atoms. The maximum absolute atomic E-state index is 13.2. The summed E-state index contributed by atoms with van der Waals surface area (Å²) < 4.78 is 29.4. The maximum Gasteiger partial charge on any atom is 0.262 e. The topological polar surface area (TPSA) is 108 Å². The van der Waals surface area contributed by atoms with E-state index in [4.69, 9.17) is 5.10 Å². The monoisotopic (exact) mass is 531 g/mol. The Bertz CT molecular complexity index is 1440. The fraction of sp³-hybridized carbons (Fsp3) is 0.345. The van der Waals surface area contributed by atoms with Crippen LogP contribution in [0.3, 0.4) is 0 Å². The molecule has 0 bridgehead atoms. The van der Waals surface area contributed by atoms with Crippen molar-refractivity contribution in [1.82, 2.24) is 19.4 Å². The molecular formula is C29H33N5O3S. The number of carbonyl (C=O) groups is 1. The Morgan fingerprint density at radius 2 is 1.82 bits per heavy atom. The second-order valence-electron chi connectivity index (χ2n) is 9.31. The van der Waals surface area contributed by atoms with E-state index in [0.29, 0.717) is 29.9 Å². The Morgan fingerprint density at radius 1 is 1.11 bits per heavy atom. The quantitative estimate of drug-likeness (QED) is 0.311. The molecule has 1 saturated carbocycles. The molecule has 1 heterocycles. The van der Waals surface area contributed by atoms with Crippen LogP contribution in [0.25, 0.3) is 23.0 Å². The van der Waals surface area contributed by atoms with Crippen LogP contribution in [0.15, 0.2) is 71.3 Å². The number of carbonyl (C=O) groups excluding carboxylic acids is 1. The van der Waals surface area contributed by atoms with E-state index >= 15 is 0 Å². The molecule has 0 radical (unpaired) electrons. The molecule has 198 valence electrons. The van der Waals surface area contributed by atoms with E-state index in [1.165, 1.54) is 16.8 Å². The van der Waals surface area contributed by atoms with Gasteiger partial charge in [0.05, 0.1) is 10.6 Å². The van der Waals surface area contributed by atoms with Crippen molar-refractivity contribution in [3.63, 3.8) is 0 Å². The number of rotatable bonds is 9. The summed E-state index contributed by atoms with van der Waals surface area (Å²) in [6.07, 6.45) is 8.41. The molecule has 0 unspecified atom stereocenters. The molecule has 0 atom stereocenters. The molecule has 9 heteroatoms. The molecule has 2 aromatic carbocycles. The van der Waals surface area contributed by atoms with Gasteiger partial charge in [-0.1, -0.05) is 63.4 Å². The summed E-state index contributed by atoms with van der Waals surface area (Å²) in [6, 6.07) is 18.2. The first kappa shape index (κ1) is 27.3. The number of nitriles is 1. The number of benzene rings is 2. The molecule has 1 aliphatic rings. The van der Waals surface area contributed by atoms with Gasteiger partial charge in [-0.15, -0.1) is 0 Å². The Hall–Kier alpha value is -3.74. The minimum Gasteiger partial charge on any atom is -0.349 e. The summed E-state index contributed by atoms with van der Waals surface area (Å²) in [6.45, 7) is 4.33. The standard InChI is InChI=1S/C29H33N5O3S/c1-3-33(4-2)38(36,37)27-17-11-12-22(19-27)28-24(21-34(32-28)26-15-9-6-10-16-26)18-23(20-30)29(35)31-25-13-7-5-8-14-25/h6,9-12,15-19,21,25H,3-5,7-8,13-14H2,1-2H3,(H,31,35)/b23-18-. The fourth-order valence-corrected chi connectivity index (χ4v) is 6.27. The van der Waals surface area contributed by atoms with E-state index < -0.39 is 15.9 Å². The Labute approximate surface area is 224 Å². The zero-order valence-electron chi connectivity index (χ0n) is 21.8. The highest BCUT2D eigenvalue weighted by molar-refractivity contribution is 7.89. The van der Waals surface area contributed by atoms with Gasteiger partial charge in [-0.05, 0) is 43.2 Å². The largest absolute Gasteiger partial charge is 0.349 e. The average Bonchev–Trinajstić information content (AvgIpc) is 3.37. The van der Waals surface area contributed by atoms with E-state index in [-0.39, 0.29) is 16.5 Å². The van der Waals surface area contributed by atoms with Crippen LogP contribution in [0, 0.1) is 11.3 Å². The second-order valence-corrected chi connectivity index (χ2v) is 11.2. The van der Waals surface area contributed by atoms with E-state index in [2.05, 4.69) is 5.32 Å². The van der Waals surface area contributed by atoms with Crippen molar-refractivity contribution < 1.29 is 13.2 Å². The third kappa shape index (κ3) is 6.04. The van der Waals surface area contributed by atoms with Gasteiger partial charge >= 0.3 is 0 Å². The average molecular weight is 532 g/mol. The van der Waals surface area contributed by atoms with Gasteiger partial charge in [0.15, 0.2) is 0 Å². The normalized spacial score (nSPS) is 14.8. The lowest BCUT2D eigenvalue weighted by Crippen LogP contribution is -2.36. The molecule has 1 aliphatic carbocycles. The Kier molecular flexibility index (Phi) is 8.77. The summed E-state index contributed by atoms with van der Waals surface area (Å²) in [4.78, 5) is 13.1. The second kappa shape index (κ2) is 12.2. The number of aromatic nitrogens is 2. The Balaban J connectivity index is 1.78. The van der Waals surface area contributed by atoms with Gasteiger partial charge in [-0.3, -0.25) is 4.79 Å². The van der Waals surface area contributed by atoms with Gasteiger partial charge in [0.1, 0.15) is 17.3 Å². The van der Waals surface area contributed by atoms with Crippen LogP contribution in [0.5, 0.6) is 0 Å². The number of nitrogens with zero attached hydrogens (tertiary/aromatic N) is 4. The van der Waals surface area contributed by atoms with Crippen molar-refractivity contribution in [3.05, 3.63) is 71.9 Å². The van der Waals surface area contributed by atoms with Crippen LogP contribution in [-0.2, 0) is 14.8 Å². The molecule has 1 N–H and O–H groups in total. The predicted octanol–water partition coefficient (Wildman–Crippen LogP) is 4.93. The third-order valence-corrected chi connectivity index (χ3v) is 8.87. The first-order valence-electron chi connectivity index (χ1n) is 13.1.